The molecule has 0 N–H and O–H groups in total. The smallest absolute Gasteiger partial charge is 0.148 e. The lowest BCUT2D eigenvalue weighted by Gasteiger charge is -2.11. The molecule has 1 aromatic heterocycles. The van der Waals surface area contributed by atoms with Crippen molar-refractivity contribution in [1.82, 2.24) is 4.98 Å². The Morgan fingerprint density at radius 2 is 1.74 bits per heavy atom. The monoisotopic (exact) mass is 511 g/mol. The van der Waals surface area contributed by atoms with Crippen molar-refractivity contribution in [2.24, 2.45) is 0 Å². The highest BCUT2D eigenvalue weighted by atomic mass is 79.9. The van der Waals surface area contributed by atoms with Crippen molar-refractivity contribution in [3.63, 3.8) is 0 Å². The topological polar surface area (TPSA) is 22.1 Å². The summed E-state index contributed by atoms with van der Waals surface area (Å²) in [6.07, 6.45) is 1.76. The van der Waals surface area contributed by atoms with Crippen molar-refractivity contribution >= 4 is 63.7 Å². The van der Waals surface area contributed by atoms with Crippen LogP contribution in [0.25, 0.3) is 0 Å². The molecule has 0 amide bonds. The van der Waals surface area contributed by atoms with E-state index in [4.69, 9.17) is 4.74 Å². The van der Waals surface area contributed by atoms with Gasteiger partial charge < -0.3 is 4.74 Å². The highest BCUT2D eigenvalue weighted by molar-refractivity contribution is 9.11. The molecule has 0 atom stereocenters. The first-order chi connectivity index (χ1) is 9.10. The Labute approximate surface area is 145 Å². The van der Waals surface area contributed by atoms with Crippen molar-refractivity contribution < 1.29 is 4.74 Å². The van der Waals surface area contributed by atoms with Crippen LogP contribution in [-0.2, 0) is 11.9 Å². The summed E-state index contributed by atoms with van der Waals surface area (Å²) in [7, 11) is 0. The number of ether oxygens (including phenoxy) is 1. The van der Waals surface area contributed by atoms with Gasteiger partial charge in [0, 0.05) is 16.0 Å². The summed E-state index contributed by atoms with van der Waals surface area (Å²) in [6.45, 7) is 0.429. The Hall–Kier alpha value is 0.0900. The van der Waals surface area contributed by atoms with Gasteiger partial charge in [-0.15, -0.1) is 0 Å². The van der Waals surface area contributed by atoms with Gasteiger partial charge in [-0.05, 0) is 77.6 Å². The minimum atomic E-state index is 0.429. The number of rotatable bonds is 4. The second kappa shape index (κ2) is 7.20. The predicted octanol–water partition coefficient (Wildman–Crippen LogP) is 5.84. The van der Waals surface area contributed by atoms with Gasteiger partial charge in [-0.25, -0.2) is 0 Å². The maximum atomic E-state index is 5.81. The van der Waals surface area contributed by atoms with Crippen LogP contribution < -0.4 is 4.74 Å². The first-order valence-corrected chi connectivity index (χ1v) is 8.87. The van der Waals surface area contributed by atoms with Crippen molar-refractivity contribution in [2.75, 3.05) is 0 Å². The zero-order chi connectivity index (χ0) is 13.8. The third-order valence-corrected chi connectivity index (χ3v) is 4.66. The van der Waals surface area contributed by atoms with E-state index in [1.54, 1.807) is 6.20 Å². The van der Waals surface area contributed by atoms with Gasteiger partial charge >= 0.3 is 0 Å². The third-order valence-electron chi connectivity index (χ3n) is 2.37. The standard InChI is InChI=1S/C13H9Br4NO/c14-5-8-3-11(16)13(12(17)4-8)19-7-10-2-1-9(15)6-18-10/h1-4,6H,5,7H2. The van der Waals surface area contributed by atoms with Crippen molar-refractivity contribution in [2.45, 2.75) is 11.9 Å². The van der Waals surface area contributed by atoms with Crippen LogP contribution >= 0.6 is 63.7 Å². The molecule has 100 valence electrons. The molecule has 19 heavy (non-hydrogen) atoms. The van der Waals surface area contributed by atoms with Gasteiger partial charge in [0.2, 0.25) is 0 Å². The number of hydrogen-bond acceptors (Lipinski definition) is 2. The molecule has 0 saturated carbocycles. The van der Waals surface area contributed by atoms with Crippen LogP contribution in [0.4, 0.5) is 0 Å². The molecule has 2 aromatic rings. The number of aromatic nitrogens is 1. The lowest BCUT2D eigenvalue weighted by Crippen LogP contribution is -1.99. The van der Waals surface area contributed by atoms with Gasteiger partial charge in [-0.1, -0.05) is 15.9 Å². The second-order valence-corrected chi connectivity index (χ2v) is 6.96. The zero-order valence-electron chi connectivity index (χ0n) is 9.67. The van der Waals surface area contributed by atoms with Gasteiger partial charge in [0.25, 0.3) is 0 Å². The minimum Gasteiger partial charge on any atom is -0.485 e. The minimum absolute atomic E-state index is 0.429. The molecule has 0 aliphatic heterocycles. The fourth-order valence-electron chi connectivity index (χ4n) is 1.47. The van der Waals surface area contributed by atoms with Gasteiger partial charge in [0.15, 0.2) is 0 Å². The van der Waals surface area contributed by atoms with Gasteiger partial charge in [0.1, 0.15) is 12.4 Å². The lowest BCUT2D eigenvalue weighted by molar-refractivity contribution is 0.297. The maximum Gasteiger partial charge on any atom is 0.148 e. The summed E-state index contributed by atoms with van der Waals surface area (Å²) < 4.78 is 8.61. The average molecular weight is 515 g/mol. The van der Waals surface area contributed by atoms with Gasteiger partial charge in [-0.3, -0.25) is 4.98 Å². The predicted molar refractivity (Wildman–Crippen MR) is 90.7 cm³/mol. The van der Waals surface area contributed by atoms with Gasteiger partial charge in [-0.2, -0.15) is 0 Å². The van der Waals surface area contributed by atoms with Crippen LogP contribution in [0.15, 0.2) is 43.9 Å². The van der Waals surface area contributed by atoms with E-state index >= 15 is 0 Å². The largest absolute Gasteiger partial charge is 0.485 e. The van der Waals surface area contributed by atoms with E-state index in [1.165, 1.54) is 5.56 Å². The Balaban J connectivity index is 2.13. The number of halogens is 4. The summed E-state index contributed by atoms with van der Waals surface area (Å²) in [6, 6.07) is 7.94. The van der Waals surface area contributed by atoms with Crippen LogP contribution in [0.1, 0.15) is 11.3 Å². The van der Waals surface area contributed by atoms with Crippen LogP contribution in [0.3, 0.4) is 0 Å². The fraction of sp³-hybridized carbons (Fsp3) is 0.154. The summed E-state index contributed by atoms with van der Waals surface area (Å²) >= 11 is 13.8. The van der Waals surface area contributed by atoms with Crippen LogP contribution in [-0.4, -0.2) is 4.98 Å². The Bertz CT molecular complexity index is 548. The molecule has 0 fully saturated rings. The Morgan fingerprint density at radius 3 is 2.26 bits per heavy atom. The molecule has 6 heteroatoms. The zero-order valence-corrected chi connectivity index (χ0v) is 16.0. The molecular formula is C13H9Br4NO. The molecule has 2 rings (SSSR count). The molecular weight excluding hydrogens is 506 g/mol. The Morgan fingerprint density at radius 1 is 1.05 bits per heavy atom. The molecule has 0 aliphatic rings. The molecule has 0 radical (unpaired) electrons. The average Bonchev–Trinajstić information content (AvgIpc) is 2.39. The fourth-order valence-corrected chi connectivity index (χ4v) is 3.53. The highest BCUT2D eigenvalue weighted by Gasteiger charge is 2.09. The SMILES string of the molecule is BrCc1cc(Br)c(OCc2ccc(Br)cn2)c(Br)c1. The molecule has 0 saturated heterocycles. The Kier molecular flexibility index (Phi) is 5.87. The van der Waals surface area contributed by atoms with Gasteiger partial charge in [0.05, 0.1) is 14.6 Å². The first-order valence-electron chi connectivity index (χ1n) is 5.37. The van der Waals surface area contributed by atoms with Crippen LogP contribution in [0, 0.1) is 0 Å². The number of hydrogen-bond donors (Lipinski definition) is 0. The van der Waals surface area contributed by atoms with Crippen molar-refractivity contribution in [3.05, 3.63) is 55.1 Å². The molecule has 0 bridgehead atoms. The van der Waals surface area contributed by atoms with Crippen LogP contribution in [0.5, 0.6) is 5.75 Å². The van der Waals surface area contributed by atoms with Crippen molar-refractivity contribution in [1.29, 1.82) is 0 Å². The molecule has 1 heterocycles. The summed E-state index contributed by atoms with van der Waals surface area (Å²) in [4.78, 5) is 4.28. The normalized spacial score (nSPS) is 10.5. The number of alkyl halides is 1. The number of nitrogens with zero attached hydrogens (tertiary/aromatic N) is 1. The second-order valence-electron chi connectivity index (χ2n) is 3.78. The molecule has 2 nitrogen and oxygen atoms in total. The molecule has 0 spiro atoms. The molecule has 1 aromatic carbocycles. The molecule has 0 unspecified atom stereocenters. The van der Waals surface area contributed by atoms with E-state index in [-0.39, 0.29) is 0 Å². The third kappa shape index (κ3) is 4.28. The summed E-state index contributed by atoms with van der Waals surface area (Å²) in [5, 5.41) is 0.804. The number of benzene rings is 1. The molecule has 0 aliphatic carbocycles. The number of pyridine rings is 1. The quantitative estimate of drug-likeness (QED) is 0.478. The van der Waals surface area contributed by atoms with E-state index in [9.17, 15) is 0 Å². The van der Waals surface area contributed by atoms with E-state index in [0.29, 0.717) is 6.61 Å². The maximum absolute atomic E-state index is 5.81. The first kappa shape index (κ1) is 15.5. The van der Waals surface area contributed by atoms with Crippen molar-refractivity contribution in [3.8, 4) is 5.75 Å². The van der Waals surface area contributed by atoms with E-state index in [2.05, 4.69) is 68.7 Å². The van der Waals surface area contributed by atoms with Crippen LogP contribution in [0.2, 0.25) is 0 Å². The van der Waals surface area contributed by atoms with E-state index < -0.39 is 0 Å². The lowest BCUT2D eigenvalue weighted by atomic mass is 10.2. The summed E-state index contributed by atoms with van der Waals surface area (Å²) in [5.41, 5.74) is 2.06. The van der Waals surface area contributed by atoms with E-state index in [1.807, 2.05) is 24.3 Å². The van der Waals surface area contributed by atoms with E-state index in [0.717, 1.165) is 30.2 Å². The summed E-state index contributed by atoms with van der Waals surface area (Å²) in [5.74, 6) is 0.786. The highest BCUT2D eigenvalue weighted by Crippen LogP contribution is 2.35.